The lowest BCUT2D eigenvalue weighted by Gasteiger charge is -2.02. The summed E-state index contributed by atoms with van der Waals surface area (Å²) in [5.41, 5.74) is 8.23. The van der Waals surface area contributed by atoms with Crippen molar-refractivity contribution in [3.63, 3.8) is 0 Å². The Kier molecular flexibility index (Phi) is 2.96. The van der Waals surface area contributed by atoms with Crippen LogP contribution >= 0.6 is 0 Å². The van der Waals surface area contributed by atoms with E-state index in [1.807, 2.05) is 32.3 Å². The second-order valence-corrected chi connectivity index (χ2v) is 3.74. The highest BCUT2D eigenvalue weighted by Crippen LogP contribution is 2.13. The van der Waals surface area contributed by atoms with Crippen LogP contribution in [0.1, 0.15) is 11.4 Å². The smallest absolute Gasteiger partial charge is 0.180 e. The Hall–Kier alpha value is -1.75. The molecule has 16 heavy (non-hydrogen) atoms. The molecule has 0 amide bonds. The van der Waals surface area contributed by atoms with Crippen LogP contribution < -0.4 is 5.73 Å². The van der Waals surface area contributed by atoms with Crippen molar-refractivity contribution in [1.29, 1.82) is 0 Å². The molecule has 0 bridgehead atoms. The molecule has 0 aromatic carbocycles. The topological polar surface area (TPSA) is 69.6 Å². The Bertz CT molecular complexity index is 489. The van der Waals surface area contributed by atoms with E-state index in [2.05, 4.69) is 15.1 Å². The molecule has 0 aliphatic heterocycles. The zero-order valence-corrected chi connectivity index (χ0v) is 9.51. The van der Waals surface area contributed by atoms with Crippen LogP contribution in [0.4, 0.5) is 0 Å². The molecule has 0 spiro atoms. The highest BCUT2D eigenvalue weighted by Gasteiger charge is 2.07. The predicted octanol–water partition coefficient (Wildman–Crippen LogP) is 0.687. The Labute approximate surface area is 94.3 Å². The lowest BCUT2D eigenvalue weighted by Crippen LogP contribution is -2.06. The Morgan fingerprint density at radius 2 is 2.19 bits per heavy atom. The van der Waals surface area contributed by atoms with Gasteiger partial charge in [-0.15, -0.1) is 0 Å². The van der Waals surface area contributed by atoms with Crippen molar-refractivity contribution in [1.82, 2.24) is 19.7 Å². The number of hydrogen-bond acceptors (Lipinski definition) is 4. The van der Waals surface area contributed by atoms with Gasteiger partial charge in [0.25, 0.3) is 0 Å². The van der Waals surface area contributed by atoms with Crippen molar-refractivity contribution in [3.05, 3.63) is 29.7 Å². The number of nitrogens with zero attached hydrogens (tertiary/aromatic N) is 4. The first-order valence-electron chi connectivity index (χ1n) is 5.23. The minimum absolute atomic E-state index is 0.595. The van der Waals surface area contributed by atoms with Crippen LogP contribution in [0.15, 0.2) is 18.3 Å². The second-order valence-electron chi connectivity index (χ2n) is 3.74. The Morgan fingerprint density at radius 3 is 2.81 bits per heavy atom. The molecule has 0 saturated carbocycles. The molecule has 2 N–H and O–H groups in total. The SMILES string of the molecule is Cc1cc(CCN)nc(-c2ccn(C)n2)n1. The van der Waals surface area contributed by atoms with E-state index in [4.69, 9.17) is 5.73 Å². The summed E-state index contributed by atoms with van der Waals surface area (Å²) in [5, 5.41) is 4.28. The van der Waals surface area contributed by atoms with E-state index in [9.17, 15) is 0 Å². The van der Waals surface area contributed by atoms with Gasteiger partial charge >= 0.3 is 0 Å². The average molecular weight is 217 g/mol. The molecule has 0 saturated heterocycles. The van der Waals surface area contributed by atoms with E-state index < -0.39 is 0 Å². The van der Waals surface area contributed by atoms with E-state index >= 15 is 0 Å². The molecule has 2 aromatic rings. The molecular formula is C11H15N5. The standard InChI is InChI=1S/C11H15N5/c1-8-7-9(3-5-12)14-11(13-8)10-4-6-16(2)15-10/h4,6-7H,3,5,12H2,1-2H3. The molecule has 2 rings (SSSR count). The van der Waals surface area contributed by atoms with Crippen LogP contribution in [0.2, 0.25) is 0 Å². The fourth-order valence-corrected chi connectivity index (χ4v) is 1.56. The van der Waals surface area contributed by atoms with Crippen LogP contribution in [0.25, 0.3) is 11.5 Å². The van der Waals surface area contributed by atoms with E-state index in [1.165, 1.54) is 0 Å². The Balaban J connectivity index is 2.40. The summed E-state index contributed by atoms with van der Waals surface area (Å²) in [6.07, 6.45) is 2.65. The number of aryl methyl sites for hydroxylation is 2. The molecule has 0 aliphatic rings. The molecule has 0 radical (unpaired) electrons. The van der Waals surface area contributed by atoms with Gasteiger partial charge in [0.15, 0.2) is 5.82 Å². The van der Waals surface area contributed by atoms with E-state index in [0.717, 1.165) is 23.5 Å². The third kappa shape index (κ3) is 2.25. The summed E-state index contributed by atoms with van der Waals surface area (Å²) in [6, 6.07) is 3.86. The van der Waals surface area contributed by atoms with Gasteiger partial charge in [-0.25, -0.2) is 9.97 Å². The number of rotatable bonds is 3. The molecule has 0 fully saturated rings. The first-order valence-corrected chi connectivity index (χ1v) is 5.23. The minimum Gasteiger partial charge on any atom is -0.330 e. The number of aromatic nitrogens is 4. The molecule has 2 aromatic heterocycles. The van der Waals surface area contributed by atoms with Crippen molar-refractivity contribution < 1.29 is 0 Å². The van der Waals surface area contributed by atoms with Gasteiger partial charge in [0.2, 0.25) is 0 Å². The molecular weight excluding hydrogens is 202 g/mol. The van der Waals surface area contributed by atoms with Crippen molar-refractivity contribution in [3.8, 4) is 11.5 Å². The van der Waals surface area contributed by atoms with Crippen molar-refractivity contribution in [2.45, 2.75) is 13.3 Å². The zero-order chi connectivity index (χ0) is 11.5. The largest absolute Gasteiger partial charge is 0.330 e. The molecule has 0 atom stereocenters. The average Bonchev–Trinajstić information content (AvgIpc) is 2.64. The number of hydrogen-bond donors (Lipinski definition) is 1. The quantitative estimate of drug-likeness (QED) is 0.821. The van der Waals surface area contributed by atoms with Gasteiger partial charge < -0.3 is 5.73 Å². The summed E-state index contributed by atoms with van der Waals surface area (Å²) in [4.78, 5) is 8.81. The summed E-state index contributed by atoms with van der Waals surface area (Å²) >= 11 is 0. The van der Waals surface area contributed by atoms with Crippen molar-refractivity contribution >= 4 is 0 Å². The highest BCUT2D eigenvalue weighted by atomic mass is 15.3. The summed E-state index contributed by atoms with van der Waals surface area (Å²) < 4.78 is 1.74. The van der Waals surface area contributed by atoms with Gasteiger partial charge in [0.1, 0.15) is 5.69 Å². The van der Waals surface area contributed by atoms with Gasteiger partial charge in [-0.3, -0.25) is 4.68 Å². The Morgan fingerprint density at radius 1 is 1.38 bits per heavy atom. The normalized spacial score (nSPS) is 10.7. The van der Waals surface area contributed by atoms with Gasteiger partial charge in [0, 0.05) is 31.1 Å². The van der Waals surface area contributed by atoms with Crippen LogP contribution in [-0.4, -0.2) is 26.3 Å². The van der Waals surface area contributed by atoms with Gasteiger partial charge in [-0.1, -0.05) is 0 Å². The number of nitrogens with two attached hydrogens (primary N) is 1. The van der Waals surface area contributed by atoms with Crippen LogP contribution in [-0.2, 0) is 13.5 Å². The zero-order valence-electron chi connectivity index (χ0n) is 9.51. The first kappa shape index (κ1) is 10.8. The fourth-order valence-electron chi connectivity index (χ4n) is 1.56. The van der Waals surface area contributed by atoms with Crippen LogP contribution in [0.5, 0.6) is 0 Å². The van der Waals surface area contributed by atoms with Crippen LogP contribution in [0.3, 0.4) is 0 Å². The highest BCUT2D eigenvalue weighted by molar-refractivity contribution is 5.48. The molecule has 2 heterocycles. The lowest BCUT2D eigenvalue weighted by atomic mass is 10.2. The van der Waals surface area contributed by atoms with Crippen molar-refractivity contribution in [2.24, 2.45) is 12.8 Å². The van der Waals surface area contributed by atoms with Crippen molar-refractivity contribution in [2.75, 3.05) is 6.54 Å². The van der Waals surface area contributed by atoms with Gasteiger partial charge in [-0.2, -0.15) is 5.10 Å². The lowest BCUT2D eigenvalue weighted by molar-refractivity contribution is 0.767. The third-order valence-corrected chi connectivity index (χ3v) is 2.25. The maximum atomic E-state index is 5.52. The van der Waals surface area contributed by atoms with Crippen LogP contribution in [0, 0.1) is 6.92 Å². The van der Waals surface area contributed by atoms with E-state index in [0.29, 0.717) is 12.4 Å². The summed E-state index contributed by atoms with van der Waals surface area (Å²) in [7, 11) is 1.88. The molecule has 0 unspecified atom stereocenters. The van der Waals surface area contributed by atoms with Gasteiger partial charge in [0.05, 0.1) is 0 Å². The molecule has 5 nitrogen and oxygen atoms in total. The molecule has 0 aliphatic carbocycles. The monoisotopic (exact) mass is 217 g/mol. The van der Waals surface area contributed by atoms with E-state index in [-0.39, 0.29) is 0 Å². The minimum atomic E-state index is 0.595. The third-order valence-electron chi connectivity index (χ3n) is 2.25. The fraction of sp³-hybridized carbons (Fsp3) is 0.364. The van der Waals surface area contributed by atoms with E-state index in [1.54, 1.807) is 4.68 Å². The maximum absolute atomic E-state index is 5.52. The summed E-state index contributed by atoms with van der Waals surface area (Å²) in [6.45, 7) is 2.55. The molecule has 5 heteroatoms. The van der Waals surface area contributed by atoms with Gasteiger partial charge in [-0.05, 0) is 25.6 Å². The first-order chi connectivity index (χ1) is 7.69. The maximum Gasteiger partial charge on any atom is 0.180 e. The second kappa shape index (κ2) is 4.40. The summed E-state index contributed by atoms with van der Waals surface area (Å²) in [5.74, 6) is 0.670. The predicted molar refractivity (Wildman–Crippen MR) is 61.7 cm³/mol. The molecule has 84 valence electrons.